The van der Waals surface area contributed by atoms with Crippen molar-refractivity contribution in [3.63, 3.8) is 0 Å². The molecule has 1 saturated heterocycles. The van der Waals surface area contributed by atoms with Crippen molar-refractivity contribution in [1.29, 1.82) is 0 Å². The van der Waals surface area contributed by atoms with E-state index in [0.29, 0.717) is 13.1 Å². The minimum atomic E-state index is -0.125. The summed E-state index contributed by atoms with van der Waals surface area (Å²) in [6.07, 6.45) is 2.67. The number of nitrogens with two attached hydrogens (primary N) is 1. The van der Waals surface area contributed by atoms with Crippen molar-refractivity contribution in [1.82, 2.24) is 10.2 Å². The second-order valence-electron chi connectivity index (χ2n) is 6.65. The normalized spacial score (nSPS) is 20.6. The van der Waals surface area contributed by atoms with Gasteiger partial charge in [-0.15, -0.1) is 0 Å². The molecule has 0 saturated carbocycles. The summed E-state index contributed by atoms with van der Waals surface area (Å²) < 4.78 is 0. The first-order valence-corrected chi connectivity index (χ1v) is 8.36. The molecule has 22 heavy (non-hydrogen) atoms. The van der Waals surface area contributed by atoms with E-state index in [0.717, 1.165) is 18.0 Å². The Balaban J connectivity index is 1.81. The fourth-order valence-electron chi connectivity index (χ4n) is 2.92. The first kappa shape index (κ1) is 17.0. The van der Waals surface area contributed by atoms with E-state index in [9.17, 15) is 4.79 Å². The van der Waals surface area contributed by atoms with E-state index in [-0.39, 0.29) is 11.8 Å². The molecule has 0 bridgehead atoms. The molecule has 1 fully saturated rings. The molecule has 1 heterocycles. The van der Waals surface area contributed by atoms with Crippen LogP contribution in [0.5, 0.6) is 0 Å². The van der Waals surface area contributed by atoms with Gasteiger partial charge in [0.1, 0.15) is 0 Å². The van der Waals surface area contributed by atoms with Crippen LogP contribution < -0.4 is 11.1 Å². The summed E-state index contributed by atoms with van der Waals surface area (Å²) in [7, 11) is 0. The first-order chi connectivity index (χ1) is 10.6. The molecule has 1 aliphatic rings. The van der Waals surface area contributed by atoms with Crippen LogP contribution in [-0.2, 0) is 17.9 Å². The lowest BCUT2D eigenvalue weighted by Gasteiger charge is -2.30. The molecule has 0 aliphatic carbocycles. The number of carbonyl (C=O) groups excluding carboxylic acids is 1. The Morgan fingerprint density at radius 3 is 2.68 bits per heavy atom. The average molecular weight is 303 g/mol. The Morgan fingerprint density at radius 2 is 2.05 bits per heavy atom. The monoisotopic (exact) mass is 303 g/mol. The van der Waals surface area contributed by atoms with Gasteiger partial charge in [-0.2, -0.15) is 0 Å². The molecule has 3 N–H and O–H groups in total. The molecule has 2 atom stereocenters. The number of hydrogen-bond donors (Lipinski definition) is 2. The molecule has 0 aromatic heterocycles. The summed E-state index contributed by atoms with van der Waals surface area (Å²) in [5.41, 5.74) is 7.97. The molecule has 0 spiro atoms. The van der Waals surface area contributed by atoms with Gasteiger partial charge in [-0.3, -0.25) is 9.69 Å². The van der Waals surface area contributed by atoms with E-state index in [1.165, 1.54) is 31.5 Å². The maximum Gasteiger partial charge on any atom is 0.224 e. The van der Waals surface area contributed by atoms with Crippen LogP contribution in [0.4, 0.5) is 0 Å². The van der Waals surface area contributed by atoms with Gasteiger partial charge in [-0.1, -0.05) is 38.1 Å². The molecule has 122 valence electrons. The number of hydrogen-bond acceptors (Lipinski definition) is 3. The standard InChI is InChI=1S/C18H29N3O/c1-14-4-3-9-21(12-14)13-17-7-5-16(6-8-17)11-20-18(22)15(2)10-19/h5-8,14-15H,3-4,9-13,19H2,1-2H3,(H,20,22). The van der Waals surface area contributed by atoms with Crippen molar-refractivity contribution in [2.75, 3.05) is 19.6 Å². The highest BCUT2D eigenvalue weighted by Crippen LogP contribution is 2.18. The highest BCUT2D eigenvalue weighted by atomic mass is 16.1. The summed E-state index contributed by atoms with van der Waals surface area (Å²) in [5.74, 6) is 0.710. The predicted molar refractivity (Wildman–Crippen MR) is 90.2 cm³/mol. The average Bonchev–Trinajstić information content (AvgIpc) is 2.53. The quantitative estimate of drug-likeness (QED) is 0.846. The Kier molecular flexibility index (Phi) is 6.40. The number of likely N-dealkylation sites (tertiary alicyclic amines) is 1. The minimum absolute atomic E-state index is 0.0221. The lowest BCUT2D eigenvalue weighted by Crippen LogP contribution is -2.33. The smallest absolute Gasteiger partial charge is 0.224 e. The molecule has 1 amide bonds. The fraction of sp³-hybridized carbons (Fsp3) is 0.611. The van der Waals surface area contributed by atoms with Crippen LogP contribution in [-0.4, -0.2) is 30.4 Å². The fourth-order valence-corrected chi connectivity index (χ4v) is 2.92. The topological polar surface area (TPSA) is 58.4 Å². The number of carbonyl (C=O) groups is 1. The van der Waals surface area contributed by atoms with Gasteiger partial charge in [-0.25, -0.2) is 0 Å². The molecule has 0 radical (unpaired) electrons. The maximum atomic E-state index is 11.7. The van der Waals surface area contributed by atoms with E-state index < -0.39 is 0 Å². The van der Waals surface area contributed by atoms with Crippen LogP contribution in [0.2, 0.25) is 0 Å². The van der Waals surface area contributed by atoms with Gasteiger partial charge in [0.15, 0.2) is 0 Å². The Morgan fingerprint density at radius 1 is 1.36 bits per heavy atom. The third-order valence-corrected chi connectivity index (χ3v) is 4.44. The zero-order valence-corrected chi connectivity index (χ0v) is 13.8. The maximum absolute atomic E-state index is 11.7. The first-order valence-electron chi connectivity index (χ1n) is 8.36. The molecular formula is C18H29N3O. The predicted octanol–water partition coefficient (Wildman–Crippen LogP) is 2.13. The van der Waals surface area contributed by atoms with Crippen LogP contribution in [0.15, 0.2) is 24.3 Å². The second kappa shape index (κ2) is 8.30. The molecular weight excluding hydrogens is 274 g/mol. The Bertz CT molecular complexity index is 472. The van der Waals surface area contributed by atoms with Crippen LogP contribution in [0, 0.1) is 11.8 Å². The van der Waals surface area contributed by atoms with E-state index in [4.69, 9.17) is 5.73 Å². The molecule has 2 rings (SSSR count). The third-order valence-electron chi connectivity index (χ3n) is 4.44. The number of piperidine rings is 1. The van der Waals surface area contributed by atoms with Crippen molar-refractivity contribution in [2.45, 2.75) is 39.8 Å². The summed E-state index contributed by atoms with van der Waals surface area (Å²) in [4.78, 5) is 14.2. The Labute approximate surface area is 134 Å². The lowest BCUT2D eigenvalue weighted by molar-refractivity contribution is -0.124. The molecule has 1 aromatic rings. The van der Waals surface area contributed by atoms with Crippen molar-refractivity contribution in [3.8, 4) is 0 Å². The van der Waals surface area contributed by atoms with E-state index in [1.54, 1.807) is 0 Å². The molecule has 4 nitrogen and oxygen atoms in total. The third kappa shape index (κ3) is 5.11. The Hall–Kier alpha value is -1.39. The van der Waals surface area contributed by atoms with Crippen molar-refractivity contribution in [3.05, 3.63) is 35.4 Å². The molecule has 2 unspecified atom stereocenters. The van der Waals surface area contributed by atoms with Gasteiger partial charge >= 0.3 is 0 Å². The van der Waals surface area contributed by atoms with Gasteiger partial charge in [0.05, 0.1) is 0 Å². The summed E-state index contributed by atoms with van der Waals surface area (Å²) in [6.45, 7) is 8.58. The number of nitrogens with zero attached hydrogens (tertiary/aromatic N) is 1. The highest BCUT2D eigenvalue weighted by Gasteiger charge is 2.16. The van der Waals surface area contributed by atoms with Gasteiger partial charge in [0.25, 0.3) is 0 Å². The highest BCUT2D eigenvalue weighted by molar-refractivity contribution is 5.78. The number of nitrogens with one attached hydrogen (secondary N) is 1. The van der Waals surface area contributed by atoms with Gasteiger partial charge < -0.3 is 11.1 Å². The zero-order chi connectivity index (χ0) is 15.9. The van der Waals surface area contributed by atoms with E-state index >= 15 is 0 Å². The van der Waals surface area contributed by atoms with Gasteiger partial charge in [0, 0.05) is 32.1 Å². The van der Waals surface area contributed by atoms with Crippen molar-refractivity contribution < 1.29 is 4.79 Å². The zero-order valence-electron chi connectivity index (χ0n) is 13.8. The second-order valence-corrected chi connectivity index (χ2v) is 6.65. The van der Waals surface area contributed by atoms with Gasteiger partial charge in [-0.05, 0) is 36.4 Å². The summed E-state index contributed by atoms with van der Waals surface area (Å²) in [5, 5.41) is 2.93. The largest absolute Gasteiger partial charge is 0.352 e. The van der Waals surface area contributed by atoms with Crippen LogP contribution >= 0.6 is 0 Å². The summed E-state index contributed by atoms with van der Waals surface area (Å²) >= 11 is 0. The van der Waals surface area contributed by atoms with Crippen molar-refractivity contribution in [2.24, 2.45) is 17.6 Å². The molecule has 4 heteroatoms. The lowest BCUT2D eigenvalue weighted by atomic mass is 9.99. The summed E-state index contributed by atoms with van der Waals surface area (Å²) in [6, 6.07) is 8.56. The number of benzene rings is 1. The molecule has 1 aliphatic heterocycles. The van der Waals surface area contributed by atoms with Crippen LogP contribution in [0.1, 0.15) is 37.8 Å². The number of rotatable bonds is 6. The van der Waals surface area contributed by atoms with E-state index in [1.807, 2.05) is 6.92 Å². The SMILES string of the molecule is CC1CCCN(Cc2ccc(CNC(=O)C(C)CN)cc2)C1. The molecule has 1 aromatic carbocycles. The van der Waals surface area contributed by atoms with Crippen LogP contribution in [0.25, 0.3) is 0 Å². The van der Waals surface area contributed by atoms with Gasteiger partial charge in [0.2, 0.25) is 5.91 Å². The van der Waals surface area contributed by atoms with E-state index in [2.05, 4.69) is 41.4 Å². The number of amides is 1. The van der Waals surface area contributed by atoms with Crippen molar-refractivity contribution >= 4 is 5.91 Å². The van der Waals surface area contributed by atoms with Crippen LogP contribution in [0.3, 0.4) is 0 Å². The minimum Gasteiger partial charge on any atom is -0.352 e.